The summed E-state index contributed by atoms with van der Waals surface area (Å²) in [6.45, 7) is 0.672. The fraction of sp³-hybridized carbons (Fsp3) is 0.545. The molecule has 6 heteroatoms. The second-order valence-corrected chi connectivity index (χ2v) is 7.16. The van der Waals surface area contributed by atoms with Crippen LogP contribution in [0.25, 0.3) is 0 Å². The first-order chi connectivity index (χ1) is 13.6. The molecule has 0 N–H and O–H groups in total. The first-order valence-corrected chi connectivity index (χ1v) is 10.1. The largest absolute Gasteiger partial charge is 0.459 e. The number of esters is 2. The summed E-state index contributed by atoms with van der Waals surface area (Å²) in [6.07, 6.45) is 10.7. The fourth-order valence-corrected chi connectivity index (χ4v) is 2.99. The van der Waals surface area contributed by atoms with Crippen LogP contribution >= 0.6 is 0 Å². The van der Waals surface area contributed by atoms with E-state index in [2.05, 4.69) is 0 Å². The van der Waals surface area contributed by atoms with E-state index in [1.165, 1.54) is 0 Å². The average Bonchev–Trinajstić information content (AvgIpc) is 3.28. The predicted molar refractivity (Wildman–Crippen MR) is 107 cm³/mol. The first kappa shape index (κ1) is 21.8. The monoisotopic (exact) mass is 388 g/mol. The zero-order chi connectivity index (χ0) is 20.2. The van der Waals surface area contributed by atoms with Crippen LogP contribution in [0.15, 0.2) is 36.7 Å². The Labute approximate surface area is 167 Å². The van der Waals surface area contributed by atoms with Crippen LogP contribution in [0.5, 0.6) is 0 Å². The van der Waals surface area contributed by atoms with E-state index in [1.54, 1.807) is 0 Å². The Morgan fingerprint density at radius 3 is 1.46 bits per heavy atom. The average molecular weight is 389 g/mol. The summed E-state index contributed by atoms with van der Waals surface area (Å²) in [5, 5.41) is 0. The first-order valence-electron chi connectivity index (χ1n) is 10.1. The van der Waals surface area contributed by atoms with Crippen molar-refractivity contribution >= 4 is 11.9 Å². The van der Waals surface area contributed by atoms with Crippen LogP contribution in [0, 0.1) is 0 Å². The second kappa shape index (κ2) is 12.1. The van der Waals surface area contributed by atoms with Crippen LogP contribution in [0.3, 0.4) is 0 Å². The number of hydrogen-bond donors (Lipinski definition) is 0. The molecule has 0 aliphatic heterocycles. The third kappa shape index (κ3) is 8.03. The van der Waals surface area contributed by atoms with E-state index in [0.717, 1.165) is 49.9 Å². The maximum Gasteiger partial charge on any atom is 0.306 e. The van der Waals surface area contributed by atoms with Gasteiger partial charge in [0, 0.05) is 39.3 Å². The zero-order valence-electron chi connectivity index (χ0n) is 17.1. The van der Waals surface area contributed by atoms with Gasteiger partial charge in [-0.3, -0.25) is 9.59 Å². The van der Waals surface area contributed by atoms with Crippen LogP contribution in [0.4, 0.5) is 0 Å². The topological polar surface area (TPSA) is 62.5 Å². The van der Waals surface area contributed by atoms with Gasteiger partial charge in [-0.2, -0.15) is 0 Å². The fourth-order valence-electron chi connectivity index (χ4n) is 2.99. The smallest absolute Gasteiger partial charge is 0.306 e. The molecule has 2 aromatic rings. The van der Waals surface area contributed by atoms with Crippen molar-refractivity contribution in [2.75, 3.05) is 0 Å². The third-order valence-electron chi connectivity index (χ3n) is 4.88. The lowest BCUT2D eigenvalue weighted by Crippen LogP contribution is -2.07. The van der Waals surface area contributed by atoms with Gasteiger partial charge in [-0.25, -0.2) is 0 Å². The molecule has 28 heavy (non-hydrogen) atoms. The highest BCUT2D eigenvalue weighted by atomic mass is 16.5. The summed E-state index contributed by atoms with van der Waals surface area (Å²) < 4.78 is 14.5. The number of carbonyl (C=O) groups excluding carboxylic acids is 2. The standard InChI is InChI=1S/C22H32N2O4/c1-23-15-9-11-19(23)17-27-21(25)13-7-5-3-4-6-8-14-22(26)28-18-20-12-10-16-24(20)2/h9-12,15-16H,3-8,13-14,17-18H2,1-2H3. The van der Waals surface area contributed by atoms with Crippen molar-refractivity contribution in [1.82, 2.24) is 9.13 Å². The minimum atomic E-state index is -0.137. The molecule has 0 atom stereocenters. The molecule has 0 aliphatic carbocycles. The third-order valence-corrected chi connectivity index (χ3v) is 4.88. The van der Waals surface area contributed by atoms with Crippen molar-refractivity contribution in [2.45, 2.75) is 64.6 Å². The van der Waals surface area contributed by atoms with Gasteiger partial charge in [0.1, 0.15) is 13.2 Å². The van der Waals surface area contributed by atoms with E-state index in [9.17, 15) is 9.59 Å². The number of unbranched alkanes of at least 4 members (excludes halogenated alkanes) is 5. The summed E-state index contributed by atoms with van der Waals surface area (Å²) in [4.78, 5) is 23.5. The SMILES string of the molecule is Cn1cccc1COC(=O)CCCCCCCCC(=O)OCc1cccn1C. The molecule has 0 bridgehead atoms. The second-order valence-electron chi connectivity index (χ2n) is 7.16. The van der Waals surface area contributed by atoms with Gasteiger partial charge in [0.05, 0.1) is 11.4 Å². The lowest BCUT2D eigenvalue weighted by Gasteiger charge is -2.07. The molecule has 0 saturated carbocycles. The maximum absolute atomic E-state index is 11.7. The molecule has 0 amide bonds. The number of rotatable bonds is 13. The zero-order valence-corrected chi connectivity index (χ0v) is 17.1. The van der Waals surface area contributed by atoms with E-state index >= 15 is 0 Å². The van der Waals surface area contributed by atoms with Crippen molar-refractivity contribution in [3.8, 4) is 0 Å². The molecule has 0 spiro atoms. The molecule has 2 rings (SSSR count). The summed E-state index contributed by atoms with van der Waals surface area (Å²) in [5.41, 5.74) is 1.99. The van der Waals surface area contributed by atoms with Crippen LogP contribution < -0.4 is 0 Å². The van der Waals surface area contributed by atoms with Gasteiger partial charge < -0.3 is 18.6 Å². The van der Waals surface area contributed by atoms with Crippen LogP contribution in [0.1, 0.15) is 62.8 Å². The van der Waals surface area contributed by atoms with E-state index in [0.29, 0.717) is 26.1 Å². The van der Waals surface area contributed by atoms with Crippen molar-refractivity contribution in [3.63, 3.8) is 0 Å². The number of carbonyl (C=O) groups is 2. The van der Waals surface area contributed by atoms with Crippen molar-refractivity contribution in [1.29, 1.82) is 0 Å². The van der Waals surface area contributed by atoms with Gasteiger partial charge in [-0.05, 0) is 37.1 Å². The van der Waals surface area contributed by atoms with Gasteiger partial charge in [-0.15, -0.1) is 0 Å². The Kier molecular flexibility index (Phi) is 9.39. The van der Waals surface area contributed by atoms with Crippen LogP contribution in [-0.2, 0) is 46.4 Å². The molecular formula is C22H32N2O4. The predicted octanol–water partition coefficient (Wildman–Crippen LogP) is 4.27. The molecule has 6 nitrogen and oxygen atoms in total. The lowest BCUT2D eigenvalue weighted by atomic mass is 10.1. The molecule has 0 unspecified atom stereocenters. The molecule has 2 aromatic heterocycles. The Balaban J connectivity index is 1.40. The van der Waals surface area contributed by atoms with Gasteiger partial charge >= 0.3 is 11.9 Å². The van der Waals surface area contributed by atoms with E-state index in [4.69, 9.17) is 9.47 Å². The van der Waals surface area contributed by atoms with Crippen LogP contribution in [0.2, 0.25) is 0 Å². The number of ether oxygens (including phenoxy) is 2. The molecular weight excluding hydrogens is 356 g/mol. The van der Waals surface area contributed by atoms with Crippen molar-refractivity contribution < 1.29 is 19.1 Å². The van der Waals surface area contributed by atoms with Gasteiger partial charge in [0.25, 0.3) is 0 Å². The molecule has 0 aliphatic rings. The van der Waals surface area contributed by atoms with E-state index in [1.807, 2.05) is 59.9 Å². The van der Waals surface area contributed by atoms with Crippen molar-refractivity contribution in [3.05, 3.63) is 48.0 Å². The Morgan fingerprint density at radius 1 is 0.714 bits per heavy atom. The number of hydrogen-bond acceptors (Lipinski definition) is 4. The summed E-state index contributed by atoms with van der Waals surface area (Å²) >= 11 is 0. The minimum absolute atomic E-state index is 0.137. The molecule has 0 radical (unpaired) electrons. The molecule has 0 fully saturated rings. The van der Waals surface area contributed by atoms with Gasteiger partial charge in [0.15, 0.2) is 0 Å². The Morgan fingerprint density at radius 2 is 1.11 bits per heavy atom. The van der Waals surface area contributed by atoms with E-state index < -0.39 is 0 Å². The Bertz CT molecular complexity index is 670. The highest BCUT2D eigenvalue weighted by Crippen LogP contribution is 2.11. The Hall–Kier alpha value is -2.50. The summed E-state index contributed by atoms with van der Waals surface area (Å²) in [6, 6.07) is 7.77. The van der Waals surface area contributed by atoms with Crippen LogP contribution in [-0.4, -0.2) is 21.1 Å². The highest BCUT2D eigenvalue weighted by molar-refractivity contribution is 5.69. The van der Waals surface area contributed by atoms with Gasteiger partial charge in [0.2, 0.25) is 0 Å². The molecule has 154 valence electrons. The number of aryl methyl sites for hydroxylation is 2. The van der Waals surface area contributed by atoms with E-state index in [-0.39, 0.29) is 11.9 Å². The van der Waals surface area contributed by atoms with Gasteiger partial charge in [-0.1, -0.05) is 25.7 Å². The summed E-state index contributed by atoms with van der Waals surface area (Å²) in [7, 11) is 3.87. The molecule has 0 saturated heterocycles. The molecule has 2 heterocycles. The lowest BCUT2D eigenvalue weighted by molar-refractivity contribution is -0.146. The maximum atomic E-state index is 11.7. The quantitative estimate of drug-likeness (QED) is 0.380. The normalized spacial score (nSPS) is 10.8. The number of aromatic nitrogens is 2. The van der Waals surface area contributed by atoms with Crippen molar-refractivity contribution in [2.24, 2.45) is 14.1 Å². The summed E-state index contributed by atoms with van der Waals surface area (Å²) in [5.74, 6) is -0.274. The molecule has 0 aromatic carbocycles. The highest BCUT2D eigenvalue weighted by Gasteiger charge is 2.06. The minimum Gasteiger partial charge on any atom is -0.459 e. The number of nitrogens with zero attached hydrogens (tertiary/aromatic N) is 2.